The van der Waals surface area contributed by atoms with Crippen LogP contribution in [0, 0.1) is 17.8 Å². The lowest BCUT2D eigenvalue weighted by molar-refractivity contribution is -0.136. The molecule has 6 nitrogen and oxygen atoms in total. The summed E-state index contributed by atoms with van der Waals surface area (Å²) in [7, 11) is 1.78. The van der Waals surface area contributed by atoms with E-state index in [4.69, 9.17) is 0 Å². The van der Waals surface area contributed by atoms with Crippen LogP contribution >= 0.6 is 11.8 Å². The van der Waals surface area contributed by atoms with Gasteiger partial charge >= 0.3 is 0 Å². The van der Waals surface area contributed by atoms with Crippen LogP contribution < -0.4 is 10.6 Å². The van der Waals surface area contributed by atoms with Gasteiger partial charge in [0, 0.05) is 25.0 Å². The quantitative estimate of drug-likeness (QED) is 0.523. The molecule has 1 aromatic rings. The van der Waals surface area contributed by atoms with Crippen LogP contribution in [-0.4, -0.2) is 45.4 Å². The molecular formula is C19H28N4O2S. The molecule has 5 rings (SSSR count). The van der Waals surface area contributed by atoms with E-state index >= 15 is 0 Å². The fraction of sp³-hybridized carbons (Fsp3) is 0.737. The van der Waals surface area contributed by atoms with Crippen molar-refractivity contribution < 1.29 is 9.90 Å². The molecular weight excluding hydrogens is 348 g/mol. The maximum Gasteiger partial charge on any atom is 0.256 e. The number of hydrogen-bond donors (Lipinski definition) is 3. The average Bonchev–Trinajstić information content (AvgIpc) is 2.61. The highest BCUT2D eigenvalue weighted by Crippen LogP contribution is 2.55. The van der Waals surface area contributed by atoms with E-state index in [9.17, 15) is 9.90 Å². The Bertz CT molecular complexity index is 682. The predicted molar refractivity (Wildman–Crippen MR) is 102 cm³/mol. The molecule has 2 unspecified atom stereocenters. The van der Waals surface area contributed by atoms with E-state index in [0.717, 1.165) is 44.3 Å². The van der Waals surface area contributed by atoms with Gasteiger partial charge in [-0.05, 0) is 56.3 Å². The largest absolute Gasteiger partial charge is 0.390 e. The summed E-state index contributed by atoms with van der Waals surface area (Å²) < 4.78 is 0. The van der Waals surface area contributed by atoms with Crippen molar-refractivity contribution in [3.05, 3.63) is 11.8 Å². The van der Waals surface area contributed by atoms with Gasteiger partial charge in [0.05, 0.1) is 5.60 Å². The van der Waals surface area contributed by atoms with E-state index in [1.165, 1.54) is 0 Å². The van der Waals surface area contributed by atoms with Crippen molar-refractivity contribution >= 4 is 23.5 Å². The summed E-state index contributed by atoms with van der Waals surface area (Å²) in [4.78, 5) is 21.8. The third kappa shape index (κ3) is 3.31. The maximum atomic E-state index is 12.9. The van der Waals surface area contributed by atoms with Gasteiger partial charge in [0.15, 0.2) is 5.16 Å². The maximum absolute atomic E-state index is 12.9. The highest BCUT2D eigenvalue weighted by atomic mass is 32.2. The first kappa shape index (κ1) is 18.0. The molecule has 0 aliphatic heterocycles. The Morgan fingerprint density at radius 3 is 2.69 bits per heavy atom. The third-order valence-corrected chi connectivity index (χ3v) is 7.29. The number of aliphatic hydroxyl groups is 1. The van der Waals surface area contributed by atoms with Crippen LogP contribution in [0.3, 0.4) is 0 Å². The number of anilines is 1. The summed E-state index contributed by atoms with van der Waals surface area (Å²) in [6.45, 7) is 2.12. The fourth-order valence-corrected chi connectivity index (χ4v) is 6.10. The van der Waals surface area contributed by atoms with E-state index in [2.05, 4.69) is 27.5 Å². The first-order valence-electron chi connectivity index (χ1n) is 9.72. The first-order valence-corrected chi connectivity index (χ1v) is 10.7. The second-order valence-corrected chi connectivity index (χ2v) is 9.27. The standard InChI is InChI=1S/C19H28N4O2S/c1-3-4-26-18-21-10-14(16(20-2)23-18)17(24)22-15-12-5-11-6-13(15)9-19(25,7-11)8-12/h10-13,15,25H,3-9H2,1-2H3,(H,22,24)(H,20,21,23)/t11?,12?,13?,15-,19+. The number of nitrogens with zero attached hydrogens (tertiary/aromatic N) is 2. The Labute approximate surface area is 159 Å². The molecule has 7 heteroatoms. The summed E-state index contributed by atoms with van der Waals surface area (Å²) >= 11 is 1.60. The Morgan fingerprint density at radius 2 is 2.08 bits per heavy atom. The van der Waals surface area contributed by atoms with Crippen LogP contribution in [0.5, 0.6) is 0 Å². The lowest BCUT2D eigenvalue weighted by atomic mass is 9.52. The van der Waals surface area contributed by atoms with Gasteiger partial charge in [0.2, 0.25) is 0 Å². The van der Waals surface area contributed by atoms with Crippen molar-refractivity contribution in [3.63, 3.8) is 0 Å². The Balaban J connectivity index is 1.48. The van der Waals surface area contributed by atoms with Gasteiger partial charge in [-0.15, -0.1) is 0 Å². The minimum Gasteiger partial charge on any atom is -0.390 e. The van der Waals surface area contributed by atoms with Gasteiger partial charge in [0.25, 0.3) is 5.91 Å². The molecule has 0 spiro atoms. The first-order chi connectivity index (χ1) is 12.5. The fourth-order valence-electron chi connectivity index (χ4n) is 5.43. The summed E-state index contributed by atoms with van der Waals surface area (Å²) in [5.74, 6) is 2.87. The second kappa shape index (κ2) is 7.00. The lowest BCUT2D eigenvalue weighted by Gasteiger charge is -2.58. The van der Waals surface area contributed by atoms with Crippen molar-refractivity contribution in [2.45, 2.75) is 62.2 Å². The number of hydrogen-bond acceptors (Lipinski definition) is 6. The summed E-state index contributed by atoms with van der Waals surface area (Å²) in [5, 5.41) is 17.7. The second-order valence-electron chi connectivity index (χ2n) is 8.21. The highest BCUT2D eigenvalue weighted by Gasteiger charge is 2.55. The Kier molecular flexibility index (Phi) is 4.86. The van der Waals surface area contributed by atoms with E-state index in [1.54, 1.807) is 25.0 Å². The molecule has 4 saturated carbocycles. The zero-order valence-corrected chi connectivity index (χ0v) is 16.3. The van der Waals surface area contributed by atoms with Gasteiger partial charge in [0.1, 0.15) is 11.4 Å². The van der Waals surface area contributed by atoms with E-state index in [0.29, 0.717) is 34.3 Å². The van der Waals surface area contributed by atoms with Crippen molar-refractivity contribution in [2.75, 3.05) is 18.1 Å². The number of nitrogens with one attached hydrogen (secondary N) is 2. The Morgan fingerprint density at radius 1 is 1.35 bits per heavy atom. The topological polar surface area (TPSA) is 87.1 Å². The lowest BCUT2D eigenvalue weighted by Crippen LogP contribution is -2.61. The molecule has 3 N–H and O–H groups in total. The van der Waals surface area contributed by atoms with Gasteiger partial charge in [-0.3, -0.25) is 4.79 Å². The molecule has 1 aromatic heterocycles. The SMILES string of the molecule is CCCSc1ncc(C(=O)N[C@H]2C3CC4CC2C[C@@](O)(C4)C3)c(NC)n1. The molecule has 4 aliphatic carbocycles. The number of carbonyl (C=O) groups is 1. The van der Waals surface area contributed by atoms with Gasteiger partial charge in [-0.1, -0.05) is 18.7 Å². The van der Waals surface area contributed by atoms with Gasteiger partial charge in [-0.25, -0.2) is 9.97 Å². The van der Waals surface area contributed by atoms with Gasteiger partial charge in [-0.2, -0.15) is 0 Å². The van der Waals surface area contributed by atoms with E-state index < -0.39 is 5.60 Å². The van der Waals surface area contributed by atoms with Crippen LogP contribution in [0.15, 0.2) is 11.4 Å². The molecule has 1 amide bonds. The van der Waals surface area contributed by atoms with Crippen molar-refractivity contribution in [1.82, 2.24) is 15.3 Å². The molecule has 4 fully saturated rings. The van der Waals surface area contributed by atoms with Crippen LogP contribution in [0.1, 0.15) is 55.8 Å². The highest BCUT2D eigenvalue weighted by molar-refractivity contribution is 7.99. The zero-order valence-electron chi connectivity index (χ0n) is 15.5. The number of thioether (sulfide) groups is 1. The van der Waals surface area contributed by atoms with Crippen LogP contribution in [0.25, 0.3) is 0 Å². The molecule has 142 valence electrons. The minimum absolute atomic E-state index is 0.106. The molecule has 4 bridgehead atoms. The Hall–Kier alpha value is -1.34. The molecule has 0 saturated heterocycles. The monoisotopic (exact) mass is 376 g/mol. The summed E-state index contributed by atoms with van der Waals surface area (Å²) in [6, 6.07) is 0.165. The van der Waals surface area contributed by atoms with Crippen molar-refractivity contribution in [1.29, 1.82) is 0 Å². The van der Waals surface area contributed by atoms with Crippen molar-refractivity contribution in [2.24, 2.45) is 17.8 Å². The number of carbonyl (C=O) groups excluding carboxylic acids is 1. The molecule has 26 heavy (non-hydrogen) atoms. The smallest absolute Gasteiger partial charge is 0.256 e. The molecule has 2 atom stereocenters. The molecule has 1 heterocycles. The minimum atomic E-state index is -0.477. The predicted octanol–water partition coefficient (Wildman–Crippen LogP) is 2.69. The number of aromatic nitrogens is 2. The molecule has 4 aliphatic rings. The van der Waals surface area contributed by atoms with Gasteiger partial charge < -0.3 is 15.7 Å². The zero-order chi connectivity index (χ0) is 18.3. The summed E-state index contributed by atoms with van der Waals surface area (Å²) in [6.07, 6.45) is 7.56. The average molecular weight is 377 g/mol. The summed E-state index contributed by atoms with van der Waals surface area (Å²) in [5.41, 5.74) is 0.0237. The van der Waals surface area contributed by atoms with Crippen LogP contribution in [-0.2, 0) is 0 Å². The van der Waals surface area contributed by atoms with Crippen LogP contribution in [0.2, 0.25) is 0 Å². The van der Waals surface area contributed by atoms with Crippen molar-refractivity contribution in [3.8, 4) is 0 Å². The molecule has 0 aromatic carbocycles. The normalized spacial score (nSPS) is 34.7. The molecule has 0 radical (unpaired) electrons. The van der Waals surface area contributed by atoms with Crippen LogP contribution in [0.4, 0.5) is 5.82 Å². The van der Waals surface area contributed by atoms with E-state index in [-0.39, 0.29) is 11.9 Å². The number of rotatable bonds is 6. The third-order valence-electron chi connectivity index (χ3n) is 6.22. The van der Waals surface area contributed by atoms with E-state index in [1.807, 2.05) is 0 Å². The number of amides is 1.